The smallest absolute Gasteiger partial charge is 0.249 e. The van der Waals surface area contributed by atoms with Gasteiger partial charge in [0.2, 0.25) is 12.1 Å². The van der Waals surface area contributed by atoms with E-state index in [0.717, 1.165) is 5.56 Å². The summed E-state index contributed by atoms with van der Waals surface area (Å²) >= 11 is 6.23. The van der Waals surface area contributed by atoms with E-state index in [9.17, 15) is 20.4 Å². The fourth-order valence-electron chi connectivity index (χ4n) is 5.27. The van der Waals surface area contributed by atoms with Gasteiger partial charge in [0.1, 0.15) is 23.9 Å². The van der Waals surface area contributed by atoms with Crippen LogP contribution in [0.25, 0.3) is 0 Å². The molecule has 11 heteroatoms. The van der Waals surface area contributed by atoms with E-state index in [0.29, 0.717) is 11.6 Å². The number of aliphatic hydroxyl groups is 4. The zero-order chi connectivity index (χ0) is 24.0. The molecule has 1 aliphatic carbocycles. The number of aliphatic hydroxyl groups excluding tert-OH is 2. The van der Waals surface area contributed by atoms with Crippen LogP contribution in [0.3, 0.4) is 0 Å². The van der Waals surface area contributed by atoms with Crippen LogP contribution in [-0.2, 0) is 20.8 Å². The first-order chi connectivity index (χ1) is 15.6. The summed E-state index contributed by atoms with van der Waals surface area (Å²) in [6.07, 6.45) is -5.72. The van der Waals surface area contributed by atoms with Crippen molar-refractivity contribution in [2.75, 3.05) is 20.6 Å². The van der Waals surface area contributed by atoms with Gasteiger partial charge in [0.15, 0.2) is 0 Å². The molecular weight excluding hydrogens is 454 g/mol. The quantitative estimate of drug-likeness (QED) is 0.258. The molecule has 0 bridgehead atoms. The third-order valence-electron chi connectivity index (χ3n) is 7.04. The fraction of sp³-hybridized carbons (Fsp3) is 0.727. The second-order valence-electron chi connectivity index (χ2n) is 9.20. The van der Waals surface area contributed by atoms with E-state index >= 15 is 0 Å². The van der Waals surface area contributed by atoms with Crippen LogP contribution in [0.2, 0.25) is 5.02 Å². The minimum absolute atomic E-state index is 0.0336. The van der Waals surface area contributed by atoms with E-state index in [1.807, 2.05) is 18.2 Å². The zero-order valence-corrected chi connectivity index (χ0v) is 19.7. The Morgan fingerprint density at radius 1 is 1.03 bits per heavy atom. The molecule has 2 heterocycles. The summed E-state index contributed by atoms with van der Waals surface area (Å²) in [5.74, 6) is -2.24. The lowest BCUT2D eigenvalue weighted by molar-refractivity contribution is -0.482. The summed E-state index contributed by atoms with van der Waals surface area (Å²) in [6, 6.07) is 5.99. The molecule has 3 fully saturated rings. The van der Waals surface area contributed by atoms with Gasteiger partial charge >= 0.3 is 0 Å². The first-order valence-corrected chi connectivity index (χ1v) is 11.6. The summed E-state index contributed by atoms with van der Waals surface area (Å²) in [6.45, 7) is 2.10. The van der Waals surface area contributed by atoms with Crippen molar-refractivity contribution in [2.45, 2.75) is 80.2 Å². The predicted octanol–water partition coefficient (Wildman–Crippen LogP) is -1.32. The molecule has 33 heavy (non-hydrogen) atoms. The van der Waals surface area contributed by atoms with Crippen LogP contribution in [0, 0.1) is 0 Å². The minimum Gasteiger partial charge on any atom is -0.390 e. The van der Waals surface area contributed by atoms with E-state index in [1.165, 1.54) is 0 Å². The summed E-state index contributed by atoms with van der Waals surface area (Å²) < 4.78 is 17.9. The number of nitrogens with one attached hydrogen (secondary N) is 3. The van der Waals surface area contributed by atoms with Gasteiger partial charge in [-0.25, -0.2) is 0 Å². The van der Waals surface area contributed by atoms with Crippen LogP contribution < -0.4 is 16.0 Å². The van der Waals surface area contributed by atoms with Crippen molar-refractivity contribution in [3.05, 3.63) is 34.9 Å². The largest absolute Gasteiger partial charge is 0.390 e. The Kier molecular flexibility index (Phi) is 7.36. The molecule has 2 aliphatic heterocycles. The summed E-state index contributed by atoms with van der Waals surface area (Å²) in [7, 11) is 3.28. The highest BCUT2D eigenvalue weighted by atomic mass is 35.5. The Morgan fingerprint density at radius 2 is 1.73 bits per heavy atom. The van der Waals surface area contributed by atoms with Crippen LogP contribution in [0.4, 0.5) is 0 Å². The highest BCUT2D eigenvalue weighted by Crippen LogP contribution is 2.46. The number of ether oxygens (including phenoxy) is 3. The Morgan fingerprint density at radius 3 is 2.39 bits per heavy atom. The van der Waals surface area contributed by atoms with Crippen LogP contribution in [0.1, 0.15) is 18.9 Å². The second-order valence-corrected chi connectivity index (χ2v) is 9.61. The maximum atomic E-state index is 11.6. The molecule has 1 unspecified atom stereocenters. The molecule has 1 aromatic carbocycles. The van der Waals surface area contributed by atoms with E-state index in [4.69, 9.17) is 25.8 Å². The number of fused-ring (bicyclic) bond motifs is 2. The Hall–Kier alpha value is -0.890. The maximum Gasteiger partial charge on any atom is 0.249 e. The van der Waals surface area contributed by atoms with E-state index in [1.54, 1.807) is 27.1 Å². The van der Waals surface area contributed by atoms with Crippen molar-refractivity contribution in [3.8, 4) is 0 Å². The first kappa shape index (κ1) is 25.2. The third kappa shape index (κ3) is 4.32. The molecule has 7 N–H and O–H groups in total. The number of hydrogen-bond donors (Lipinski definition) is 7. The Balaban J connectivity index is 1.57. The van der Waals surface area contributed by atoms with Crippen molar-refractivity contribution < 1.29 is 34.6 Å². The van der Waals surface area contributed by atoms with E-state index in [-0.39, 0.29) is 13.0 Å². The molecule has 0 aromatic heterocycles. The van der Waals surface area contributed by atoms with Crippen LogP contribution >= 0.6 is 11.6 Å². The lowest BCUT2D eigenvalue weighted by Crippen LogP contribution is -2.81. The monoisotopic (exact) mass is 487 g/mol. The summed E-state index contributed by atoms with van der Waals surface area (Å²) in [5.41, 5.74) is -0.936. The van der Waals surface area contributed by atoms with Crippen LogP contribution in [0.5, 0.6) is 0 Å². The van der Waals surface area contributed by atoms with Crippen LogP contribution in [-0.4, -0.2) is 101 Å². The molecule has 1 saturated carbocycles. The lowest BCUT2D eigenvalue weighted by Gasteiger charge is -2.60. The van der Waals surface area contributed by atoms with Gasteiger partial charge in [0.05, 0.1) is 24.3 Å². The molecule has 10 atom stereocenters. The molecule has 0 spiro atoms. The van der Waals surface area contributed by atoms with E-state index < -0.39 is 60.3 Å². The van der Waals surface area contributed by atoms with Crippen molar-refractivity contribution in [1.82, 2.24) is 16.0 Å². The van der Waals surface area contributed by atoms with Gasteiger partial charge < -0.3 is 50.6 Å². The fourth-order valence-corrected chi connectivity index (χ4v) is 5.48. The predicted molar refractivity (Wildman–Crippen MR) is 119 cm³/mol. The van der Waals surface area contributed by atoms with Crippen molar-refractivity contribution in [2.24, 2.45) is 0 Å². The van der Waals surface area contributed by atoms with Crippen LogP contribution in [0.15, 0.2) is 24.3 Å². The van der Waals surface area contributed by atoms with E-state index in [2.05, 4.69) is 16.0 Å². The average molecular weight is 488 g/mol. The molecule has 2 saturated heterocycles. The molecule has 10 nitrogen and oxygen atoms in total. The number of likely N-dealkylation sites (N-methyl/N-ethyl adjacent to an activating group) is 2. The minimum atomic E-state index is -2.24. The molecule has 3 aliphatic rings. The molecule has 0 amide bonds. The standard InChI is InChI=1S/C22H34ClN3O7/c1-11-8-21(29,10-26-9-12-6-4-5-7-13(12)23)22(30)20(31-11)32-19-17(28)14(24-2)16(27)15(25-3)18(19)33-22/h4-7,11,14-20,24-30H,8-10H2,1-3H3/t11-,14-,15+,16+,17+,18-,19?,20+,21-,22-/m1/s1. The number of halogens is 1. The van der Waals surface area contributed by atoms with Crippen molar-refractivity contribution >= 4 is 11.6 Å². The molecule has 0 radical (unpaired) electrons. The highest BCUT2D eigenvalue weighted by Gasteiger charge is 2.68. The second kappa shape index (κ2) is 9.63. The van der Waals surface area contributed by atoms with Gasteiger partial charge in [-0.15, -0.1) is 0 Å². The van der Waals surface area contributed by atoms with Gasteiger partial charge in [0, 0.05) is 24.5 Å². The molecular formula is C22H34ClN3O7. The van der Waals surface area contributed by atoms with Crippen molar-refractivity contribution in [3.63, 3.8) is 0 Å². The maximum absolute atomic E-state index is 11.6. The van der Waals surface area contributed by atoms with Gasteiger partial charge in [-0.05, 0) is 32.6 Å². The van der Waals surface area contributed by atoms with Gasteiger partial charge in [-0.1, -0.05) is 29.8 Å². The van der Waals surface area contributed by atoms with Gasteiger partial charge in [-0.2, -0.15) is 0 Å². The van der Waals surface area contributed by atoms with Gasteiger partial charge in [-0.3, -0.25) is 0 Å². The third-order valence-corrected chi connectivity index (χ3v) is 7.41. The van der Waals surface area contributed by atoms with Gasteiger partial charge in [0.25, 0.3) is 0 Å². The molecule has 186 valence electrons. The SMILES string of the molecule is CN[C@@H]1[C@H](O)[C@H](NC)[C@H]2O[C@]3(O)[C@H](OC2[C@H]1O)O[C@H](C)C[C@@]3(O)CNCc1ccccc1Cl. The summed E-state index contributed by atoms with van der Waals surface area (Å²) in [5, 5.41) is 54.5. The Labute approximate surface area is 198 Å². The highest BCUT2D eigenvalue weighted by molar-refractivity contribution is 6.31. The van der Waals surface area contributed by atoms with Crippen molar-refractivity contribution in [1.29, 1.82) is 0 Å². The average Bonchev–Trinajstić information content (AvgIpc) is 2.76. The number of benzene rings is 1. The molecule has 4 rings (SSSR count). The summed E-state index contributed by atoms with van der Waals surface area (Å²) in [4.78, 5) is 0. The molecule has 1 aromatic rings. The normalized spacial score (nSPS) is 45.3. The number of hydrogen-bond acceptors (Lipinski definition) is 10. The topological polar surface area (TPSA) is 145 Å². The zero-order valence-electron chi connectivity index (χ0n) is 18.9. The number of rotatable bonds is 6. The lowest BCUT2D eigenvalue weighted by atomic mass is 9.77. The Bertz CT molecular complexity index is 837. The first-order valence-electron chi connectivity index (χ1n) is 11.2.